The summed E-state index contributed by atoms with van der Waals surface area (Å²) in [5.74, 6) is -0.956. The fraction of sp³-hybridized carbons (Fsp3) is 0.300. The number of aliphatic carboxylic acids is 1. The molecule has 0 radical (unpaired) electrons. The van der Waals surface area contributed by atoms with Gasteiger partial charge in [0.2, 0.25) is 0 Å². The third kappa shape index (κ3) is 3.93. The van der Waals surface area contributed by atoms with Gasteiger partial charge < -0.3 is 20.3 Å². The summed E-state index contributed by atoms with van der Waals surface area (Å²) in [6, 6.07) is 6.80. The summed E-state index contributed by atoms with van der Waals surface area (Å²) in [5, 5.41) is 21.3. The van der Waals surface area contributed by atoms with E-state index in [4.69, 9.17) is 9.84 Å². The maximum Gasteiger partial charge on any atom is 0.394 e. The predicted octanol–water partition coefficient (Wildman–Crippen LogP) is 4.58. The minimum absolute atomic E-state index is 0.149. The van der Waals surface area contributed by atoms with Crippen LogP contribution in [0.2, 0.25) is 0 Å². The number of aromatic hydroxyl groups is 1. The molecule has 0 unspecified atom stereocenters. The minimum atomic E-state index is -1.52. The van der Waals surface area contributed by atoms with Gasteiger partial charge >= 0.3 is 11.9 Å². The van der Waals surface area contributed by atoms with Crippen LogP contribution in [0.5, 0.6) is 17.2 Å². The Hall–Kier alpha value is -2.54. The number of carboxylic acid groups (broad SMARTS) is 1. The summed E-state index contributed by atoms with van der Waals surface area (Å²) in [7, 11) is 0. The van der Waals surface area contributed by atoms with Gasteiger partial charge in [0, 0.05) is 16.8 Å². The molecule has 3 rings (SSSR count). The lowest BCUT2D eigenvalue weighted by Crippen LogP contribution is -2.22. The predicted molar refractivity (Wildman–Crippen MR) is 105 cm³/mol. The summed E-state index contributed by atoms with van der Waals surface area (Å²) in [6.45, 7) is 3.98. The number of ether oxygens (including phenoxy) is 1. The zero-order chi connectivity index (χ0) is 19.7. The van der Waals surface area contributed by atoms with Crippen molar-refractivity contribution in [3.05, 3.63) is 45.4 Å². The highest BCUT2D eigenvalue weighted by atomic mass is 79.9. The molecule has 1 amide bonds. The number of nitrogens with one attached hydrogen (secondary N) is 1. The smallest absolute Gasteiger partial charge is 0.394 e. The molecular formula is C20H20BrNO5. The van der Waals surface area contributed by atoms with Crippen LogP contribution < -0.4 is 10.1 Å². The van der Waals surface area contributed by atoms with Crippen molar-refractivity contribution >= 4 is 33.5 Å². The second-order valence-electron chi connectivity index (χ2n) is 6.78. The van der Waals surface area contributed by atoms with E-state index in [0.717, 1.165) is 36.0 Å². The van der Waals surface area contributed by atoms with E-state index in [2.05, 4.69) is 21.2 Å². The van der Waals surface area contributed by atoms with Crippen molar-refractivity contribution in [3.63, 3.8) is 0 Å². The first-order valence-corrected chi connectivity index (χ1v) is 9.46. The molecule has 0 fully saturated rings. The molecule has 0 heterocycles. The molecule has 0 saturated heterocycles. The van der Waals surface area contributed by atoms with Crippen molar-refractivity contribution in [1.29, 1.82) is 0 Å². The van der Waals surface area contributed by atoms with E-state index in [1.807, 2.05) is 19.9 Å². The van der Waals surface area contributed by atoms with Crippen LogP contribution in [0.15, 0.2) is 28.7 Å². The van der Waals surface area contributed by atoms with Gasteiger partial charge in [0.15, 0.2) is 0 Å². The lowest BCUT2D eigenvalue weighted by Gasteiger charge is -2.17. The van der Waals surface area contributed by atoms with Crippen molar-refractivity contribution in [2.24, 2.45) is 0 Å². The van der Waals surface area contributed by atoms with E-state index in [0.29, 0.717) is 21.7 Å². The number of carbonyl (C=O) groups is 2. The molecule has 0 spiro atoms. The molecule has 0 aromatic heterocycles. The number of carboxylic acids is 1. The van der Waals surface area contributed by atoms with Crippen LogP contribution in [0.25, 0.3) is 0 Å². The Bertz CT molecular complexity index is 923. The Morgan fingerprint density at radius 1 is 1.19 bits per heavy atom. The van der Waals surface area contributed by atoms with E-state index >= 15 is 0 Å². The fourth-order valence-corrected chi connectivity index (χ4v) is 3.84. The first-order chi connectivity index (χ1) is 12.8. The monoisotopic (exact) mass is 433 g/mol. The van der Waals surface area contributed by atoms with Gasteiger partial charge in [-0.1, -0.05) is 13.8 Å². The second-order valence-corrected chi connectivity index (χ2v) is 7.64. The molecule has 1 aliphatic rings. The summed E-state index contributed by atoms with van der Waals surface area (Å²) < 4.78 is 6.75. The third-order valence-electron chi connectivity index (χ3n) is 4.59. The molecule has 0 bridgehead atoms. The second kappa shape index (κ2) is 7.60. The maximum atomic E-state index is 11.6. The van der Waals surface area contributed by atoms with Gasteiger partial charge in [0.1, 0.15) is 17.2 Å². The zero-order valence-corrected chi connectivity index (χ0v) is 16.6. The summed E-state index contributed by atoms with van der Waals surface area (Å²) in [4.78, 5) is 22.4. The topological polar surface area (TPSA) is 95.9 Å². The van der Waals surface area contributed by atoms with Crippen LogP contribution in [0, 0.1) is 0 Å². The number of anilines is 1. The zero-order valence-electron chi connectivity index (χ0n) is 15.0. The normalized spacial score (nSPS) is 12.7. The van der Waals surface area contributed by atoms with Crippen molar-refractivity contribution in [2.75, 3.05) is 5.32 Å². The van der Waals surface area contributed by atoms with E-state index in [1.165, 1.54) is 0 Å². The molecule has 2 aromatic carbocycles. The molecule has 1 aliphatic carbocycles. The lowest BCUT2D eigenvalue weighted by atomic mass is 10.0. The number of phenolic OH excluding ortho intramolecular Hbond substituents is 1. The van der Waals surface area contributed by atoms with E-state index < -0.39 is 11.9 Å². The van der Waals surface area contributed by atoms with E-state index in [9.17, 15) is 14.7 Å². The molecule has 0 saturated carbocycles. The molecule has 0 aliphatic heterocycles. The molecule has 142 valence electrons. The Morgan fingerprint density at radius 3 is 2.56 bits per heavy atom. The van der Waals surface area contributed by atoms with Gasteiger partial charge in [0.25, 0.3) is 0 Å². The maximum absolute atomic E-state index is 11.6. The van der Waals surface area contributed by atoms with Crippen LogP contribution in [-0.4, -0.2) is 22.1 Å². The van der Waals surface area contributed by atoms with Crippen LogP contribution in [0.4, 0.5) is 5.69 Å². The van der Waals surface area contributed by atoms with E-state index in [-0.39, 0.29) is 11.7 Å². The van der Waals surface area contributed by atoms with Crippen molar-refractivity contribution in [2.45, 2.75) is 39.0 Å². The average Bonchev–Trinajstić information content (AvgIpc) is 3.09. The molecule has 3 N–H and O–H groups in total. The highest BCUT2D eigenvalue weighted by molar-refractivity contribution is 9.10. The number of phenols is 1. The summed E-state index contributed by atoms with van der Waals surface area (Å²) in [6.07, 6.45) is 2.40. The van der Waals surface area contributed by atoms with E-state index in [1.54, 1.807) is 18.2 Å². The van der Waals surface area contributed by atoms with Crippen LogP contribution in [0.1, 0.15) is 42.9 Å². The number of hydrogen-bond acceptors (Lipinski definition) is 4. The number of benzene rings is 2. The summed E-state index contributed by atoms with van der Waals surface area (Å²) >= 11 is 3.47. The Morgan fingerprint density at radius 2 is 1.89 bits per heavy atom. The molecule has 6 nitrogen and oxygen atoms in total. The number of halogens is 1. The fourth-order valence-electron chi connectivity index (χ4n) is 3.29. The first-order valence-electron chi connectivity index (χ1n) is 8.67. The third-order valence-corrected chi connectivity index (χ3v) is 5.18. The van der Waals surface area contributed by atoms with Gasteiger partial charge in [-0.15, -0.1) is 0 Å². The van der Waals surface area contributed by atoms with Crippen molar-refractivity contribution in [1.82, 2.24) is 0 Å². The van der Waals surface area contributed by atoms with Gasteiger partial charge in [-0.2, -0.15) is 0 Å². The molecule has 0 atom stereocenters. The Balaban J connectivity index is 1.98. The Labute approximate surface area is 165 Å². The summed E-state index contributed by atoms with van der Waals surface area (Å²) in [5.41, 5.74) is 3.13. The number of hydrogen-bond donors (Lipinski definition) is 3. The highest BCUT2D eigenvalue weighted by Crippen LogP contribution is 2.44. The van der Waals surface area contributed by atoms with Gasteiger partial charge in [-0.25, -0.2) is 4.79 Å². The average molecular weight is 434 g/mol. The van der Waals surface area contributed by atoms with Gasteiger partial charge in [0.05, 0.1) is 4.47 Å². The SMILES string of the molecule is CC(C)c1cc(Oc2c(Br)cc(NC(=O)C(=O)O)c3c2CCC3)ccc1O. The standard InChI is InChI=1S/C20H20BrNO5/c1-10(2)14-8-11(6-7-17(14)23)27-18-13-5-3-4-12(13)16(9-15(18)21)22-19(24)20(25)26/h6-10,23H,3-5H2,1-2H3,(H,22,24)(H,25,26). The van der Waals surface area contributed by atoms with Crippen molar-refractivity contribution in [3.8, 4) is 17.2 Å². The number of amides is 1. The quantitative estimate of drug-likeness (QED) is 0.613. The minimum Gasteiger partial charge on any atom is -0.508 e. The van der Waals surface area contributed by atoms with Crippen LogP contribution >= 0.6 is 15.9 Å². The highest BCUT2D eigenvalue weighted by Gasteiger charge is 2.25. The number of rotatable bonds is 4. The molecular weight excluding hydrogens is 414 g/mol. The van der Waals surface area contributed by atoms with Crippen LogP contribution in [0.3, 0.4) is 0 Å². The number of carbonyl (C=O) groups excluding carboxylic acids is 1. The number of fused-ring (bicyclic) bond motifs is 1. The van der Waals surface area contributed by atoms with Gasteiger partial charge in [-0.3, -0.25) is 4.79 Å². The molecule has 7 heteroatoms. The van der Waals surface area contributed by atoms with Crippen molar-refractivity contribution < 1.29 is 24.5 Å². The Kier molecular flexibility index (Phi) is 5.41. The largest absolute Gasteiger partial charge is 0.508 e. The van der Waals surface area contributed by atoms with Gasteiger partial charge in [-0.05, 0) is 70.9 Å². The molecule has 2 aromatic rings. The van der Waals surface area contributed by atoms with Crippen LogP contribution in [-0.2, 0) is 22.4 Å². The lowest BCUT2D eigenvalue weighted by molar-refractivity contribution is -0.147. The molecule has 27 heavy (non-hydrogen) atoms. The first kappa shape index (κ1) is 19.2.